The highest BCUT2D eigenvalue weighted by Crippen LogP contribution is 2.22. The second-order valence-electron chi connectivity index (χ2n) is 11.2. The number of hydrogen-bond donors (Lipinski definition) is 2. The van der Waals surface area contributed by atoms with Crippen LogP contribution in [0.1, 0.15) is 91.9 Å². The van der Waals surface area contributed by atoms with E-state index in [-0.39, 0.29) is 50.2 Å². The molecule has 0 saturated heterocycles. The van der Waals surface area contributed by atoms with Crippen LogP contribution in [0.3, 0.4) is 0 Å². The first-order valence-electron chi connectivity index (χ1n) is 13.0. The number of allylic oxidation sites excluding steroid dienone is 2. The van der Waals surface area contributed by atoms with Crippen molar-refractivity contribution >= 4 is 11.9 Å². The average molecular weight is 481 g/mol. The first-order chi connectivity index (χ1) is 16.1. The van der Waals surface area contributed by atoms with Gasteiger partial charge in [-0.25, -0.2) is 0 Å². The summed E-state index contributed by atoms with van der Waals surface area (Å²) in [5.74, 6) is -1.23. The fraction of sp³-hybridized carbons (Fsp3) is 0.786. The van der Waals surface area contributed by atoms with Crippen molar-refractivity contribution in [2.75, 3.05) is 26.4 Å². The van der Waals surface area contributed by atoms with E-state index in [1.807, 2.05) is 52.0 Å². The molecule has 0 aromatic heterocycles. The summed E-state index contributed by atoms with van der Waals surface area (Å²) in [6.07, 6.45) is 17.7. The van der Waals surface area contributed by atoms with Crippen molar-refractivity contribution < 1.29 is 29.3 Å². The van der Waals surface area contributed by atoms with Crippen molar-refractivity contribution in [1.82, 2.24) is 0 Å². The summed E-state index contributed by atoms with van der Waals surface area (Å²) in [6, 6.07) is 0. The van der Waals surface area contributed by atoms with Gasteiger partial charge in [0.2, 0.25) is 0 Å². The van der Waals surface area contributed by atoms with Gasteiger partial charge in [0.15, 0.2) is 0 Å². The van der Waals surface area contributed by atoms with Crippen LogP contribution in [0.5, 0.6) is 0 Å². The molecule has 0 heterocycles. The molecule has 0 spiro atoms. The number of carbonyl (C=O) groups is 2. The number of aliphatic hydroxyl groups is 2. The predicted octanol–water partition coefficient (Wildman–Crippen LogP) is 5.37. The lowest BCUT2D eigenvalue weighted by Gasteiger charge is -2.22. The van der Waals surface area contributed by atoms with Crippen LogP contribution in [-0.4, -0.2) is 48.6 Å². The molecule has 6 nitrogen and oxygen atoms in total. The molecular formula is C28H48O6. The predicted molar refractivity (Wildman–Crippen MR) is 135 cm³/mol. The maximum absolute atomic E-state index is 12.7. The Labute approximate surface area is 206 Å². The Morgan fingerprint density at radius 2 is 1.00 bits per heavy atom. The normalized spacial score (nSPS) is 23.6. The number of ether oxygens (including phenoxy) is 2. The summed E-state index contributed by atoms with van der Waals surface area (Å²) in [7, 11) is 0. The third-order valence-electron chi connectivity index (χ3n) is 6.25. The zero-order valence-corrected chi connectivity index (χ0v) is 21.9. The van der Waals surface area contributed by atoms with Crippen LogP contribution in [-0.2, 0) is 19.1 Å². The van der Waals surface area contributed by atoms with Gasteiger partial charge in [-0.3, -0.25) is 9.59 Å². The van der Waals surface area contributed by atoms with Crippen molar-refractivity contribution in [2.24, 2.45) is 22.7 Å². The minimum Gasteiger partial charge on any atom is -0.465 e. The van der Waals surface area contributed by atoms with Gasteiger partial charge in [0.05, 0.1) is 38.3 Å². The van der Waals surface area contributed by atoms with E-state index in [0.29, 0.717) is 0 Å². The first kappa shape index (κ1) is 30.4. The lowest BCUT2D eigenvalue weighted by Crippen LogP contribution is -2.28. The third kappa shape index (κ3) is 13.3. The molecule has 1 aliphatic carbocycles. The highest BCUT2D eigenvalue weighted by atomic mass is 16.5. The molecular weight excluding hydrogens is 432 g/mol. The molecule has 0 saturated carbocycles. The molecule has 0 bridgehead atoms. The van der Waals surface area contributed by atoms with E-state index >= 15 is 0 Å². The smallest absolute Gasteiger partial charge is 0.312 e. The number of aliphatic hydroxyl groups excluding tert-OH is 2. The molecule has 0 amide bonds. The highest BCUT2D eigenvalue weighted by Gasteiger charge is 2.24. The number of rotatable bonds is 8. The van der Waals surface area contributed by atoms with Crippen molar-refractivity contribution in [3.05, 3.63) is 24.3 Å². The molecule has 0 radical (unpaired) electrons. The van der Waals surface area contributed by atoms with E-state index in [9.17, 15) is 19.8 Å². The SMILES string of the molecule is CC(C)(CO)COC(=O)C1/C=C\C=C\C(C(=O)OCC(C)(C)CO)CCCCCCCCCC1. The third-order valence-corrected chi connectivity index (χ3v) is 6.25. The Kier molecular flexibility index (Phi) is 14.4. The van der Waals surface area contributed by atoms with Crippen LogP contribution in [0.15, 0.2) is 24.3 Å². The molecule has 2 N–H and O–H groups in total. The minimum absolute atomic E-state index is 0.0451. The fourth-order valence-corrected chi connectivity index (χ4v) is 3.61. The Morgan fingerprint density at radius 1 is 0.676 bits per heavy atom. The van der Waals surface area contributed by atoms with E-state index in [4.69, 9.17) is 9.47 Å². The molecule has 1 aliphatic rings. The van der Waals surface area contributed by atoms with Crippen LogP contribution in [0, 0.1) is 22.7 Å². The maximum atomic E-state index is 12.7. The zero-order chi connectivity index (χ0) is 25.5. The molecule has 0 aliphatic heterocycles. The van der Waals surface area contributed by atoms with Gasteiger partial charge >= 0.3 is 11.9 Å². The van der Waals surface area contributed by atoms with Gasteiger partial charge in [0, 0.05) is 10.8 Å². The van der Waals surface area contributed by atoms with Gasteiger partial charge in [-0.1, -0.05) is 103 Å². The number of carbonyl (C=O) groups excluding carboxylic acids is 2. The topological polar surface area (TPSA) is 93.1 Å². The van der Waals surface area contributed by atoms with Gasteiger partial charge in [0.1, 0.15) is 0 Å². The van der Waals surface area contributed by atoms with Crippen molar-refractivity contribution in [3.63, 3.8) is 0 Å². The van der Waals surface area contributed by atoms with Gasteiger partial charge in [-0.05, 0) is 12.8 Å². The molecule has 2 atom stereocenters. The molecule has 196 valence electrons. The van der Waals surface area contributed by atoms with E-state index in [0.717, 1.165) is 38.5 Å². The van der Waals surface area contributed by atoms with Gasteiger partial charge in [-0.2, -0.15) is 0 Å². The molecule has 0 fully saturated rings. The van der Waals surface area contributed by atoms with Crippen molar-refractivity contribution in [2.45, 2.75) is 91.9 Å². The summed E-state index contributed by atoms with van der Waals surface area (Å²) in [4.78, 5) is 25.4. The second kappa shape index (κ2) is 16.1. The van der Waals surface area contributed by atoms with Crippen molar-refractivity contribution in [3.8, 4) is 0 Å². The summed E-state index contributed by atoms with van der Waals surface area (Å²) >= 11 is 0. The molecule has 1 rings (SSSR count). The van der Waals surface area contributed by atoms with Crippen LogP contribution >= 0.6 is 0 Å². The Morgan fingerprint density at radius 3 is 1.32 bits per heavy atom. The summed E-state index contributed by atoms with van der Waals surface area (Å²) in [5, 5.41) is 18.8. The monoisotopic (exact) mass is 480 g/mol. The standard InChI is InChI=1S/C28H48O6/c1-27(2,19-29)21-33-25(31)23-15-11-9-7-5-6-8-10-12-16-24(18-14-13-17-23)26(32)34-22-28(3,4)20-30/h13-14,17-18,23-24,29-30H,5-12,15-16,19-22H2,1-4H3/b17-13-,18-14+. The van der Waals surface area contributed by atoms with E-state index in [1.54, 1.807) is 0 Å². The highest BCUT2D eigenvalue weighted by molar-refractivity contribution is 5.75. The Balaban J connectivity index is 2.87. The van der Waals surface area contributed by atoms with E-state index in [1.165, 1.54) is 25.7 Å². The lowest BCUT2D eigenvalue weighted by atomic mass is 9.95. The molecule has 34 heavy (non-hydrogen) atoms. The zero-order valence-electron chi connectivity index (χ0n) is 21.9. The van der Waals surface area contributed by atoms with E-state index < -0.39 is 10.8 Å². The summed E-state index contributed by atoms with van der Waals surface area (Å²) < 4.78 is 11.0. The first-order valence-corrected chi connectivity index (χ1v) is 13.0. The number of hydrogen-bond acceptors (Lipinski definition) is 6. The average Bonchev–Trinajstić information content (AvgIpc) is 2.81. The molecule has 2 unspecified atom stereocenters. The van der Waals surface area contributed by atoms with Gasteiger partial charge < -0.3 is 19.7 Å². The lowest BCUT2D eigenvalue weighted by molar-refractivity contribution is -0.151. The minimum atomic E-state index is -0.463. The van der Waals surface area contributed by atoms with Crippen molar-refractivity contribution in [1.29, 1.82) is 0 Å². The van der Waals surface area contributed by atoms with E-state index in [2.05, 4.69) is 0 Å². The largest absolute Gasteiger partial charge is 0.465 e. The number of esters is 2. The fourth-order valence-electron chi connectivity index (χ4n) is 3.61. The summed E-state index contributed by atoms with van der Waals surface area (Å²) in [5.41, 5.74) is -0.925. The van der Waals surface area contributed by atoms with Crippen LogP contribution in [0.2, 0.25) is 0 Å². The molecule has 0 aromatic rings. The van der Waals surface area contributed by atoms with Gasteiger partial charge in [0.25, 0.3) is 0 Å². The van der Waals surface area contributed by atoms with Crippen LogP contribution < -0.4 is 0 Å². The van der Waals surface area contributed by atoms with Crippen LogP contribution in [0.4, 0.5) is 0 Å². The molecule has 6 heteroatoms. The second-order valence-corrected chi connectivity index (χ2v) is 11.2. The van der Waals surface area contributed by atoms with Crippen LogP contribution in [0.25, 0.3) is 0 Å². The molecule has 0 aromatic carbocycles. The Bertz CT molecular complexity index is 593. The quantitative estimate of drug-likeness (QED) is 0.454. The maximum Gasteiger partial charge on any atom is 0.312 e. The van der Waals surface area contributed by atoms with Gasteiger partial charge in [-0.15, -0.1) is 0 Å². The summed E-state index contributed by atoms with van der Waals surface area (Å²) in [6.45, 7) is 7.71. The Hall–Kier alpha value is -1.66.